The van der Waals surface area contributed by atoms with Gasteiger partial charge in [-0.1, -0.05) is 39.0 Å². The molecule has 0 radical (unpaired) electrons. The summed E-state index contributed by atoms with van der Waals surface area (Å²) in [5.41, 5.74) is 0. The molecule has 3 nitrogen and oxygen atoms in total. The van der Waals surface area contributed by atoms with E-state index < -0.39 is 25.9 Å². The van der Waals surface area contributed by atoms with Gasteiger partial charge in [-0.25, -0.2) is 0 Å². The van der Waals surface area contributed by atoms with Crippen molar-refractivity contribution >= 4 is 25.9 Å². The van der Waals surface area contributed by atoms with Gasteiger partial charge in [-0.15, -0.1) is 0 Å². The zero-order chi connectivity index (χ0) is 16.9. The molecule has 21 heavy (non-hydrogen) atoms. The van der Waals surface area contributed by atoms with Gasteiger partial charge in [0.1, 0.15) is 0 Å². The molecule has 0 heterocycles. The Kier molecular flexibility index (Phi) is 14.7. The lowest BCUT2D eigenvalue weighted by atomic mass is 10.1. The van der Waals surface area contributed by atoms with Gasteiger partial charge in [-0.2, -0.15) is 0 Å². The predicted octanol–water partition coefficient (Wildman–Crippen LogP) is 4.88. The molecule has 0 aliphatic rings. The third-order valence-corrected chi connectivity index (χ3v) is 11.2. The van der Waals surface area contributed by atoms with E-state index in [9.17, 15) is 0 Å². The maximum atomic E-state index is 8.42. The van der Waals surface area contributed by atoms with E-state index in [1.807, 2.05) is 0 Å². The summed E-state index contributed by atoms with van der Waals surface area (Å²) in [7, 11) is -4.10. The second-order valence-corrected chi connectivity index (χ2v) is 18.2. The number of hydrogen-bond acceptors (Lipinski definition) is 3. The minimum Gasteiger partial charge on any atom is -0.440 e. The zero-order valence-electron chi connectivity index (χ0n) is 15.8. The first-order valence-corrected chi connectivity index (χ1v) is 17.5. The van der Waals surface area contributed by atoms with Gasteiger partial charge in [-0.05, 0) is 52.2 Å². The van der Waals surface area contributed by atoms with Crippen LogP contribution in [0.15, 0.2) is 0 Å². The largest absolute Gasteiger partial charge is 0.440 e. The van der Waals surface area contributed by atoms with E-state index >= 15 is 0 Å². The van der Waals surface area contributed by atoms with Crippen LogP contribution in [0.3, 0.4) is 0 Å². The summed E-state index contributed by atoms with van der Waals surface area (Å²) in [5.74, 6) is 0. The molecule has 0 aromatic carbocycles. The van der Waals surface area contributed by atoms with Crippen LogP contribution >= 0.6 is 0 Å². The number of unbranched alkanes of at least 4 members (excludes halogenated alkanes) is 5. The lowest BCUT2D eigenvalue weighted by Crippen LogP contribution is -2.46. The molecule has 0 aliphatic carbocycles. The van der Waals surface area contributed by atoms with Gasteiger partial charge in [0.2, 0.25) is 0 Å². The molecule has 0 saturated carbocycles. The van der Waals surface area contributed by atoms with Crippen molar-refractivity contribution in [2.24, 2.45) is 0 Å². The van der Waals surface area contributed by atoms with Crippen molar-refractivity contribution in [3.63, 3.8) is 0 Å². The first-order chi connectivity index (χ1) is 9.54. The number of aliphatic hydroxyl groups excluding tert-OH is 1. The Balaban J connectivity index is 0. The fraction of sp³-hybridized carbons (Fsp3) is 1.00. The molecule has 0 aromatic heterocycles. The highest BCUT2D eigenvalue weighted by atomic mass is 28.5. The first-order valence-electron chi connectivity index (χ1n) is 8.53. The van der Waals surface area contributed by atoms with Crippen LogP contribution in [0.4, 0.5) is 0 Å². The lowest BCUT2D eigenvalue weighted by Gasteiger charge is -2.32. The minimum atomic E-state index is -1.78. The summed E-state index contributed by atoms with van der Waals surface area (Å²) < 4.78 is 11.9. The number of hydrogen-bond donors (Lipinski definition) is 1. The molecule has 0 unspecified atom stereocenters. The molecule has 0 aliphatic heterocycles. The zero-order valence-corrected chi connectivity index (χ0v) is 18.9. The van der Waals surface area contributed by atoms with E-state index in [1.54, 1.807) is 0 Å². The quantitative estimate of drug-likeness (QED) is 0.450. The fourth-order valence-corrected chi connectivity index (χ4v) is 13.3. The SMILES string of the molecule is CCCCCCCCO.C[SiH](C)O[Si](C)(C)O[Si](C)(C)C. The van der Waals surface area contributed by atoms with Gasteiger partial charge in [0.15, 0.2) is 17.4 Å². The molecule has 0 saturated heterocycles. The summed E-state index contributed by atoms with van der Waals surface area (Å²) >= 11 is 0. The summed E-state index contributed by atoms with van der Waals surface area (Å²) in [6.45, 7) is 17.9. The molecule has 0 bridgehead atoms. The van der Waals surface area contributed by atoms with Crippen molar-refractivity contribution in [3.8, 4) is 0 Å². The summed E-state index contributed by atoms with van der Waals surface area (Å²) in [4.78, 5) is 0. The highest BCUT2D eigenvalue weighted by Gasteiger charge is 2.31. The Hall–Kier alpha value is 0.531. The molecule has 0 atom stereocenters. The average molecular weight is 353 g/mol. The summed E-state index contributed by atoms with van der Waals surface area (Å²) in [6, 6.07) is 0. The van der Waals surface area contributed by atoms with Crippen LogP contribution in [0.2, 0.25) is 45.8 Å². The maximum Gasteiger partial charge on any atom is 0.310 e. The van der Waals surface area contributed by atoms with Crippen molar-refractivity contribution < 1.29 is 13.3 Å². The topological polar surface area (TPSA) is 38.7 Å². The van der Waals surface area contributed by atoms with Crippen LogP contribution < -0.4 is 0 Å². The molecule has 1 N–H and O–H groups in total. The van der Waals surface area contributed by atoms with Crippen LogP contribution in [0.25, 0.3) is 0 Å². The van der Waals surface area contributed by atoms with Crippen LogP contribution in [0.1, 0.15) is 45.4 Å². The monoisotopic (exact) mass is 352 g/mol. The van der Waals surface area contributed by atoms with Gasteiger partial charge in [0.25, 0.3) is 0 Å². The third kappa shape index (κ3) is 22.9. The molecular formula is C15H40O3Si3. The van der Waals surface area contributed by atoms with Crippen molar-refractivity contribution in [1.82, 2.24) is 0 Å². The van der Waals surface area contributed by atoms with Gasteiger partial charge in [0, 0.05) is 6.61 Å². The summed E-state index contributed by atoms with van der Waals surface area (Å²) in [5, 5.41) is 8.42. The first kappa shape index (κ1) is 23.8. The van der Waals surface area contributed by atoms with E-state index in [-0.39, 0.29) is 0 Å². The molecule has 0 aromatic rings. The van der Waals surface area contributed by atoms with Gasteiger partial charge >= 0.3 is 8.56 Å². The van der Waals surface area contributed by atoms with Gasteiger partial charge in [-0.3, -0.25) is 0 Å². The summed E-state index contributed by atoms with van der Waals surface area (Å²) in [6.07, 6.45) is 7.50. The average Bonchev–Trinajstić information content (AvgIpc) is 2.24. The molecule has 0 amide bonds. The maximum absolute atomic E-state index is 8.42. The van der Waals surface area contributed by atoms with Crippen molar-refractivity contribution in [1.29, 1.82) is 0 Å². The lowest BCUT2D eigenvalue weighted by molar-refractivity contribution is 0.282. The second-order valence-electron chi connectivity index (χ2n) is 7.27. The van der Waals surface area contributed by atoms with Crippen molar-refractivity contribution in [2.75, 3.05) is 6.61 Å². The van der Waals surface area contributed by atoms with Crippen LogP contribution in [-0.4, -0.2) is 37.6 Å². The van der Waals surface area contributed by atoms with Crippen molar-refractivity contribution in [3.05, 3.63) is 0 Å². The Morgan fingerprint density at radius 1 is 0.857 bits per heavy atom. The molecule has 0 rings (SSSR count). The molecule has 0 fully saturated rings. The van der Waals surface area contributed by atoms with Gasteiger partial charge < -0.3 is 13.3 Å². The van der Waals surface area contributed by atoms with Gasteiger partial charge in [0.05, 0.1) is 0 Å². The Morgan fingerprint density at radius 3 is 1.71 bits per heavy atom. The molecule has 0 spiro atoms. The van der Waals surface area contributed by atoms with E-state index in [0.717, 1.165) is 6.42 Å². The Morgan fingerprint density at radius 2 is 1.33 bits per heavy atom. The number of rotatable bonds is 10. The third-order valence-electron chi connectivity index (χ3n) is 2.58. The smallest absolute Gasteiger partial charge is 0.310 e. The highest BCUT2D eigenvalue weighted by Crippen LogP contribution is 2.15. The van der Waals surface area contributed by atoms with E-state index in [4.69, 9.17) is 13.3 Å². The molecular weight excluding hydrogens is 312 g/mol. The molecule has 6 heteroatoms. The van der Waals surface area contributed by atoms with E-state index in [2.05, 4.69) is 52.8 Å². The standard InChI is InChI=1S/C8H18O.C7H22O2Si3/c1-2-3-4-5-6-7-8-9;1-10(2)8-12(6,7)9-11(3,4)5/h9H,2-8H2,1H3;10H,1-7H3. The predicted molar refractivity (Wildman–Crippen MR) is 102 cm³/mol. The van der Waals surface area contributed by atoms with Crippen molar-refractivity contribution in [2.45, 2.75) is 91.3 Å². The van der Waals surface area contributed by atoms with Crippen LogP contribution in [-0.2, 0) is 8.23 Å². The fourth-order valence-electron chi connectivity index (χ4n) is 2.22. The molecule has 130 valence electrons. The van der Waals surface area contributed by atoms with Crippen LogP contribution in [0.5, 0.6) is 0 Å². The van der Waals surface area contributed by atoms with E-state index in [0.29, 0.717) is 6.61 Å². The van der Waals surface area contributed by atoms with E-state index in [1.165, 1.54) is 32.1 Å². The highest BCUT2D eigenvalue weighted by molar-refractivity contribution is 6.83. The number of aliphatic hydroxyl groups is 1. The Labute approximate surface area is 137 Å². The minimum absolute atomic E-state index is 0.367. The Bertz CT molecular complexity index is 223. The van der Waals surface area contributed by atoms with Crippen LogP contribution in [0, 0.1) is 0 Å². The normalized spacial score (nSPS) is 12.3. The second kappa shape index (κ2) is 13.0.